The first kappa shape index (κ1) is 21.3. The number of nitrogens with zero attached hydrogens (tertiary/aromatic N) is 5. The van der Waals surface area contributed by atoms with Gasteiger partial charge in [-0.15, -0.1) is 0 Å². The standard InChI is InChI=1S/C23H17ClN6O5/c1-7-16(32)13(9(3)31)18-14(17(7)33)23(4)11(35-18)5-10-12(19(23)34)8(2)29-30(10)21-15-20(26-6-25-15)27-22(24)28-21/h5-6,32-33H,1-4H3,(H,25,26,27,28)/t23-/m0/s1. The number of nitrogens with one attached hydrogen (secondary N) is 1. The van der Waals surface area contributed by atoms with Crippen LogP contribution in [0.4, 0.5) is 0 Å². The predicted octanol–water partition coefficient (Wildman–Crippen LogP) is 3.31. The molecule has 0 amide bonds. The number of imidazole rings is 1. The Morgan fingerprint density at radius 2 is 1.97 bits per heavy atom. The van der Waals surface area contributed by atoms with Gasteiger partial charge in [0, 0.05) is 11.6 Å². The van der Waals surface area contributed by atoms with Crippen molar-refractivity contribution in [3.05, 3.63) is 51.0 Å². The lowest BCUT2D eigenvalue weighted by Crippen LogP contribution is -2.36. The number of fused-ring (bicyclic) bond motifs is 5. The molecule has 0 saturated heterocycles. The number of aromatic hydroxyl groups is 2. The van der Waals surface area contributed by atoms with E-state index in [9.17, 15) is 19.8 Å². The topological polar surface area (TPSA) is 156 Å². The van der Waals surface area contributed by atoms with Crippen LogP contribution in [0.25, 0.3) is 23.1 Å². The number of ether oxygens (including phenoxy) is 1. The molecule has 6 rings (SSSR count). The molecule has 2 aliphatic rings. The lowest BCUT2D eigenvalue weighted by Gasteiger charge is -2.27. The minimum absolute atomic E-state index is 0.0384. The van der Waals surface area contributed by atoms with Crippen LogP contribution >= 0.6 is 11.6 Å². The summed E-state index contributed by atoms with van der Waals surface area (Å²) in [4.78, 5) is 41.9. The summed E-state index contributed by atoms with van der Waals surface area (Å²) in [5.41, 5.74) is 0.562. The fourth-order valence-electron chi connectivity index (χ4n) is 4.89. The number of carbonyl (C=O) groups excluding carboxylic acids is 2. The molecule has 12 heteroatoms. The van der Waals surface area contributed by atoms with Gasteiger partial charge in [-0.1, -0.05) is 0 Å². The van der Waals surface area contributed by atoms with Gasteiger partial charge < -0.3 is 19.9 Å². The maximum absolute atomic E-state index is 14.0. The first-order chi connectivity index (χ1) is 16.6. The zero-order valence-corrected chi connectivity index (χ0v) is 19.6. The molecule has 1 aromatic carbocycles. The van der Waals surface area contributed by atoms with Crippen LogP contribution in [0, 0.1) is 13.8 Å². The number of hydrogen-bond donors (Lipinski definition) is 3. The van der Waals surface area contributed by atoms with E-state index in [4.69, 9.17) is 16.3 Å². The molecule has 1 aliphatic heterocycles. The molecule has 0 fully saturated rings. The molecule has 4 aromatic rings. The molecular weight excluding hydrogens is 476 g/mol. The van der Waals surface area contributed by atoms with Crippen LogP contribution < -0.4 is 4.74 Å². The highest BCUT2D eigenvalue weighted by Crippen LogP contribution is 2.58. The van der Waals surface area contributed by atoms with Crippen molar-refractivity contribution in [2.45, 2.75) is 33.1 Å². The Kier molecular flexibility index (Phi) is 4.05. The number of hydrogen-bond acceptors (Lipinski definition) is 9. The van der Waals surface area contributed by atoms with Crippen LogP contribution in [0.1, 0.15) is 57.1 Å². The van der Waals surface area contributed by atoms with E-state index in [0.717, 1.165) is 0 Å². The van der Waals surface area contributed by atoms with Crippen molar-refractivity contribution in [1.82, 2.24) is 29.7 Å². The van der Waals surface area contributed by atoms with Gasteiger partial charge in [0.15, 0.2) is 23.0 Å². The van der Waals surface area contributed by atoms with E-state index in [2.05, 4.69) is 25.0 Å². The minimum atomic E-state index is -1.44. The highest BCUT2D eigenvalue weighted by molar-refractivity contribution is 6.28. The van der Waals surface area contributed by atoms with Crippen molar-refractivity contribution in [3.8, 4) is 23.1 Å². The van der Waals surface area contributed by atoms with Crippen molar-refractivity contribution in [2.24, 2.45) is 0 Å². The number of phenolic OH excluding ortho intramolecular Hbond substituents is 2. The van der Waals surface area contributed by atoms with Gasteiger partial charge in [-0.3, -0.25) is 9.59 Å². The molecule has 3 aromatic heterocycles. The Hall–Kier alpha value is -4.25. The van der Waals surface area contributed by atoms with Crippen LogP contribution in [0.15, 0.2) is 12.1 Å². The highest BCUT2D eigenvalue weighted by atomic mass is 35.5. The first-order valence-corrected chi connectivity index (χ1v) is 10.9. The van der Waals surface area contributed by atoms with Gasteiger partial charge in [-0.05, 0) is 39.3 Å². The lowest BCUT2D eigenvalue weighted by molar-refractivity contribution is 0.0905. The molecular formula is C23H17ClN6O5. The summed E-state index contributed by atoms with van der Waals surface area (Å²) in [6.07, 6.45) is 3.06. The van der Waals surface area contributed by atoms with E-state index < -0.39 is 11.2 Å². The second-order valence-corrected chi connectivity index (χ2v) is 9.04. The van der Waals surface area contributed by atoms with Crippen LogP contribution in [0.3, 0.4) is 0 Å². The molecule has 11 nitrogen and oxygen atoms in total. The monoisotopic (exact) mass is 492 g/mol. The summed E-state index contributed by atoms with van der Waals surface area (Å²) >= 11 is 6.11. The molecule has 0 spiro atoms. The molecule has 1 aliphatic carbocycles. The van der Waals surface area contributed by atoms with Crippen molar-refractivity contribution >= 4 is 40.4 Å². The number of ketones is 2. The van der Waals surface area contributed by atoms with E-state index in [-0.39, 0.29) is 56.6 Å². The molecule has 0 unspecified atom stereocenters. The van der Waals surface area contributed by atoms with E-state index in [1.54, 1.807) is 19.9 Å². The van der Waals surface area contributed by atoms with E-state index in [1.165, 1.54) is 24.9 Å². The smallest absolute Gasteiger partial charge is 0.226 e. The number of phenols is 2. The van der Waals surface area contributed by atoms with Crippen molar-refractivity contribution in [2.75, 3.05) is 0 Å². The van der Waals surface area contributed by atoms with Gasteiger partial charge in [0.05, 0.1) is 28.8 Å². The number of benzene rings is 1. The molecule has 1 atom stereocenters. The maximum Gasteiger partial charge on any atom is 0.226 e. The summed E-state index contributed by atoms with van der Waals surface area (Å²) in [6, 6.07) is 0. The van der Waals surface area contributed by atoms with Crippen LogP contribution in [-0.2, 0) is 5.41 Å². The minimum Gasteiger partial charge on any atom is -0.507 e. The number of halogens is 1. The third kappa shape index (κ3) is 2.50. The molecule has 0 radical (unpaired) electrons. The average molecular weight is 493 g/mol. The van der Waals surface area contributed by atoms with Gasteiger partial charge in [-0.25, -0.2) is 9.67 Å². The van der Waals surface area contributed by atoms with Gasteiger partial charge in [0.2, 0.25) is 5.28 Å². The second-order valence-electron chi connectivity index (χ2n) is 8.70. The molecule has 0 bridgehead atoms. The summed E-state index contributed by atoms with van der Waals surface area (Å²) < 4.78 is 7.47. The molecule has 35 heavy (non-hydrogen) atoms. The molecule has 4 heterocycles. The normalized spacial score (nSPS) is 18.2. The fraction of sp³-hybridized carbons (Fsp3) is 0.217. The number of allylic oxidation sites excluding steroid dienone is 1. The average Bonchev–Trinajstić information content (AvgIpc) is 3.46. The van der Waals surface area contributed by atoms with Gasteiger partial charge in [-0.2, -0.15) is 15.1 Å². The van der Waals surface area contributed by atoms with Gasteiger partial charge in [0.25, 0.3) is 0 Å². The van der Waals surface area contributed by atoms with Gasteiger partial charge in [0.1, 0.15) is 39.5 Å². The summed E-state index contributed by atoms with van der Waals surface area (Å²) in [5, 5.41) is 26.0. The maximum atomic E-state index is 14.0. The molecule has 3 N–H and O–H groups in total. The van der Waals surface area contributed by atoms with Crippen molar-refractivity contribution in [1.29, 1.82) is 0 Å². The Morgan fingerprint density at radius 1 is 1.23 bits per heavy atom. The number of rotatable bonds is 2. The third-order valence-electron chi connectivity index (χ3n) is 6.68. The quantitative estimate of drug-likeness (QED) is 0.282. The third-order valence-corrected chi connectivity index (χ3v) is 6.85. The second kappa shape index (κ2) is 6.66. The molecule has 0 saturated carbocycles. The fourth-order valence-corrected chi connectivity index (χ4v) is 5.05. The summed E-state index contributed by atoms with van der Waals surface area (Å²) in [5.74, 6) is -1.12. The Balaban J connectivity index is 1.65. The number of carbonyl (C=O) groups is 2. The Bertz CT molecular complexity index is 1700. The number of aryl methyl sites for hydroxylation is 1. The Labute approximate surface area is 202 Å². The van der Waals surface area contributed by atoms with Crippen LogP contribution in [0.5, 0.6) is 17.2 Å². The molecule has 176 valence electrons. The number of aromatic amines is 1. The Morgan fingerprint density at radius 3 is 2.69 bits per heavy atom. The van der Waals surface area contributed by atoms with E-state index in [1.807, 2.05) is 0 Å². The predicted molar refractivity (Wildman–Crippen MR) is 123 cm³/mol. The summed E-state index contributed by atoms with van der Waals surface area (Å²) in [6.45, 7) is 6.05. The summed E-state index contributed by atoms with van der Waals surface area (Å²) in [7, 11) is 0. The zero-order chi connectivity index (χ0) is 25.0. The van der Waals surface area contributed by atoms with Crippen LogP contribution in [0.2, 0.25) is 5.28 Å². The SMILES string of the molecule is CC(=O)c1c(O)c(C)c(O)c2c1OC1=Cc3c(c(C)nn3-c3nc(Cl)nc4nc[nH]c34)C(=O)[C@@]12C. The van der Waals surface area contributed by atoms with Crippen molar-refractivity contribution in [3.63, 3.8) is 0 Å². The number of H-pyrrole nitrogens is 1. The van der Waals surface area contributed by atoms with Gasteiger partial charge >= 0.3 is 0 Å². The van der Waals surface area contributed by atoms with E-state index >= 15 is 0 Å². The number of aromatic nitrogens is 6. The highest BCUT2D eigenvalue weighted by Gasteiger charge is 2.55. The number of Topliss-reactive ketones (excluding diaryl/α,β-unsaturated/α-hetero) is 2. The van der Waals surface area contributed by atoms with Crippen molar-refractivity contribution < 1.29 is 24.5 Å². The lowest BCUT2D eigenvalue weighted by atomic mass is 9.71. The van der Waals surface area contributed by atoms with Crippen LogP contribution in [-0.4, -0.2) is 51.5 Å². The largest absolute Gasteiger partial charge is 0.507 e. The van der Waals surface area contributed by atoms with E-state index in [0.29, 0.717) is 28.1 Å². The first-order valence-electron chi connectivity index (χ1n) is 10.6. The zero-order valence-electron chi connectivity index (χ0n) is 18.9.